The predicted molar refractivity (Wildman–Crippen MR) is 120 cm³/mol. The number of halogens is 1. The smallest absolute Gasteiger partial charge is 0.158 e. The highest BCUT2D eigenvalue weighted by atomic mass is 35.5. The van der Waals surface area contributed by atoms with Crippen molar-refractivity contribution in [2.45, 2.75) is 12.5 Å². The summed E-state index contributed by atoms with van der Waals surface area (Å²) >= 11 is 6.00. The van der Waals surface area contributed by atoms with Crippen molar-refractivity contribution in [1.29, 1.82) is 0 Å². The van der Waals surface area contributed by atoms with Gasteiger partial charge >= 0.3 is 0 Å². The molecular formula is C25H21ClNO4-. The number of aromatic carboxylic acids is 1. The summed E-state index contributed by atoms with van der Waals surface area (Å²) in [6, 6.07) is 20.5. The second-order valence-corrected chi connectivity index (χ2v) is 7.33. The SMILES string of the molecule is COc1ccc(/C=C/C(=O)C[C@@H](Nc2ccc(C(=O)[O-])cc2)c2ccc(Cl)cc2)cc1. The summed E-state index contributed by atoms with van der Waals surface area (Å²) in [5.74, 6) is -0.547. The zero-order valence-electron chi connectivity index (χ0n) is 16.9. The van der Waals surface area contributed by atoms with Crippen LogP contribution in [0.15, 0.2) is 78.9 Å². The fourth-order valence-electron chi connectivity index (χ4n) is 3.02. The first-order chi connectivity index (χ1) is 14.9. The van der Waals surface area contributed by atoms with Crippen LogP contribution in [0.3, 0.4) is 0 Å². The Kier molecular flexibility index (Phi) is 7.46. The molecule has 6 heteroatoms. The molecule has 0 aliphatic heterocycles. The number of carbonyl (C=O) groups is 2. The average Bonchev–Trinajstić information content (AvgIpc) is 2.78. The molecule has 0 bridgehead atoms. The lowest BCUT2D eigenvalue weighted by molar-refractivity contribution is -0.255. The number of nitrogens with one attached hydrogen (secondary N) is 1. The molecule has 0 heterocycles. The molecule has 0 spiro atoms. The molecule has 0 saturated heterocycles. The molecule has 0 fully saturated rings. The monoisotopic (exact) mass is 434 g/mol. The molecule has 1 atom stereocenters. The Hall–Kier alpha value is -3.57. The van der Waals surface area contributed by atoms with Crippen LogP contribution in [0.25, 0.3) is 6.08 Å². The second-order valence-electron chi connectivity index (χ2n) is 6.89. The lowest BCUT2D eigenvalue weighted by atomic mass is 10.00. The van der Waals surface area contributed by atoms with E-state index in [9.17, 15) is 14.7 Å². The van der Waals surface area contributed by atoms with Gasteiger partial charge in [0.2, 0.25) is 0 Å². The van der Waals surface area contributed by atoms with Gasteiger partial charge in [0, 0.05) is 17.1 Å². The fraction of sp³-hybridized carbons (Fsp3) is 0.120. The molecule has 3 aromatic rings. The van der Waals surface area contributed by atoms with Gasteiger partial charge < -0.3 is 20.0 Å². The molecule has 158 valence electrons. The van der Waals surface area contributed by atoms with E-state index >= 15 is 0 Å². The van der Waals surface area contributed by atoms with Gasteiger partial charge in [-0.05, 0) is 59.2 Å². The first kappa shape index (κ1) is 22.1. The Labute approximate surface area is 185 Å². The normalized spacial score (nSPS) is 11.8. The zero-order valence-corrected chi connectivity index (χ0v) is 17.6. The van der Waals surface area contributed by atoms with E-state index in [0.29, 0.717) is 10.7 Å². The van der Waals surface area contributed by atoms with E-state index in [1.54, 1.807) is 43.5 Å². The molecule has 3 aromatic carbocycles. The highest BCUT2D eigenvalue weighted by molar-refractivity contribution is 6.30. The molecule has 0 saturated carbocycles. The Morgan fingerprint density at radius 3 is 2.23 bits per heavy atom. The standard InChI is InChI=1S/C25H22ClNO4/c1-31-23-14-3-17(4-15-23)2-13-22(28)16-24(18-5-9-20(26)10-6-18)27-21-11-7-19(8-12-21)25(29)30/h2-15,24,27H,16H2,1H3,(H,29,30)/p-1/b13-2+/t24-/m1/s1. The van der Waals surface area contributed by atoms with Crippen molar-refractivity contribution < 1.29 is 19.4 Å². The van der Waals surface area contributed by atoms with Gasteiger partial charge in [0.05, 0.1) is 19.1 Å². The number of carboxylic acid groups (broad SMARTS) is 1. The van der Waals surface area contributed by atoms with Crippen LogP contribution in [0.1, 0.15) is 33.9 Å². The fourth-order valence-corrected chi connectivity index (χ4v) is 3.15. The number of hydrogen-bond donors (Lipinski definition) is 1. The zero-order chi connectivity index (χ0) is 22.2. The van der Waals surface area contributed by atoms with Crippen molar-refractivity contribution in [3.8, 4) is 5.75 Å². The van der Waals surface area contributed by atoms with E-state index in [2.05, 4.69) is 5.32 Å². The van der Waals surface area contributed by atoms with Crippen LogP contribution in [0.2, 0.25) is 5.02 Å². The topological polar surface area (TPSA) is 78.5 Å². The minimum absolute atomic E-state index is 0.0605. The second kappa shape index (κ2) is 10.5. The maximum atomic E-state index is 12.7. The molecule has 0 unspecified atom stereocenters. The number of methoxy groups -OCH3 is 1. The average molecular weight is 435 g/mol. The van der Waals surface area contributed by atoms with Crippen LogP contribution >= 0.6 is 11.6 Å². The number of ether oxygens (including phenoxy) is 1. The quantitative estimate of drug-likeness (QED) is 0.500. The number of benzene rings is 3. The van der Waals surface area contributed by atoms with Crippen LogP contribution < -0.4 is 15.2 Å². The van der Waals surface area contributed by atoms with Crippen LogP contribution in [-0.2, 0) is 4.79 Å². The van der Waals surface area contributed by atoms with E-state index < -0.39 is 5.97 Å². The van der Waals surface area contributed by atoms with Gasteiger partial charge in [-0.25, -0.2) is 0 Å². The van der Waals surface area contributed by atoms with Gasteiger partial charge in [-0.2, -0.15) is 0 Å². The van der Waals surface area contributed by atoms with Crippen LogP contribution in [0.4, 0.5) is 5.69 Å². The van der Waals surface area contributed by atoms with Gasteiger partial charge in [-0.1, -0.05) is 54.1 Å². The van der Waals surface area contributed by atoms with Crippen molar-refractivity contribution >= 4 is 35.1 Å². The number of hydrogen-bond acceptors (Lipinski definition) is 5. The Bertz CT molecular complexity index is 1060. The van der Waals surface area contributed by atoms with Crippen LogP contribution in [0, 0.1) is 0 Å². The summed E-state index contributed by atoms with van der Waals surface area (Å²) in [5.41, 5.74) is 2.56. The molecule has 0 amide bonds. The highest BCUT2D eigenvalue weighted by Crippen LogP contribution is 2.25. The molecule has 5 nitrogen and oxygen atoms in total. The molecule has 0 aliphatic rings. The number of carbonyl (C=O) groups excluding carboxylic acids is 2. The summed E-state index contributed by atoms with van der Waals surface area (Å²) in [5, 5.41) is 14.9. The third kappa shape index (κ3) is 6.46. The van der Waals surface area contributed by atoms with Crippen molar-refractivity contribution in [2.75, 3.05) is 12.4 Å². The molecule has 0 aromatic heterocycles. The Morgan fingerprint density at radius 1 is 1.00 bits per heavy atom. The summed E-state index contributed by atoms with van der Waals surface area (Å²) < 4.78 is 5.14. The Balaban J connectivity index is 1.75. The Morgan fingerprint density at radius 2 is 1.65 bits per heavy atom. The van der Waals surface area contributed by atoms with Gasteiger partial charge in [0.25, 0.3) is 0 Å². The van der Waals surface area contributed by atoms with Crippen molar-refractivity contribution in [3.05, 3.63) is 101 Å². The number of rotatable bonds is 9. The van der Waals surface area contributed by atoms with Crippen molar-refractivity contribution in [3.63, 3.8) is 0 Å². The lowest BCUT2D eigenvalue weighted by Gasteiger charge is -2.20. The van der Waals surface area contributed by atoms with Crippen molar-refractivity contribution in [2.24, 2.45) is 0 Å². The molecule has 0 radical (unpaired) electrons. The lowest BCUT2D eigenvalue weighted by Crippen LogP contribution is -2.22. The largest absolute Gasteiger partial charge is 0.545 e. The maximum Gasteiger partial charge on any atom is 0.158 e. The van der Waals surface area contributed by atoms with E-state index in [4.69, 9.17) is 16.3 Å². The number of carboxylic acids is 1. The van der Waals surface area contributed by atoms with Crippen LogP contribution in [0.5, 0.6) is 5.75 Å². The van der Waals surface area contributed by atoms with E-state index in [-0.39, 0.29) is 23.8 Å². The van der Waals surface area contributed by atoms with Crippen LogP contribution in [-0.4, -0.2) is 18.9 Å². The minimum Gasteiger partial charge on any atom is -0.545 e. The van der Waals surface area contributed by atoms with Gasteiger partial charge in [0.15, 0.2) is 5.78 Å². The predicted octanol–water partition coefficient (Wildman–Crippen LogP) is 4.54. The molecule has 3 rings (SSSR count). The third-order valence-corrected chi connectivity index (χ3v) is 4.97. The molecular weight excluding hydrogens is 414 g/mol. The first-order valence-electron chi connectivity index (χ1n) is 9.63. The van der Waals surface area contributed by atoms with Crippen molar-refractivity contribution in [1.82, 2.24) is 0 Å². The van der Waals surface area contributed by atoms with E-state index in [1.165, 1.54) is 12.1 Å². The third-order valence-electron chi connectivity index (χ3n) is 4.72. The number of anilines is 1. The maximum absolute atomic E-state index is 12.7. The number of ketones is 1. The molecule has 1 N–H and O–H groups in total. The first-order valence-corrected chi connectivity index (χ1v) is 10.0. The van der Waals surface area contributed by atoms with Gasteiger partial charge in [-0.15, -0.1) is 0 Å². The van der Waals surface area contributed by atoms with E-state index in [1.807, 2.05) is 36.4 Å². The summed E-state index contributed by atoms with van der Waals surface area (Å²) in [4.78, 5) is 23.6. The summed E-state index contributed by atoms with van der Waals surface area (Å²) in [6.45, 7) is 0. The van der Waals surface area contributed by atoms with Gasteiger partial charge in [0.1, 0.15) is 5.75 Å². The summed E-state index contributed by atoms with van der Waals surface area (Å²) in [6.07, 6.45) is 3.51. The number of allylic oxidation sites excluding steroid dienone is 1. The van der Waals surface area contributed by atoms with Gasteiger partial charge in [-0.3, -0.25) is 4.79 Å². The van der Waals surface area contributed by atoms with E-state index in [0.717, 1.165) is 16.9 Å². The molecule has 0 aliphatic carbocycles. The molecule has 31 heavy (non-hydrogen) atoms. The highest BCUT2D eigenvalue weighted by Gasteiger charge is 2.15. The summed E-state index contributed by atoms with van der Waals surface area (Å²) in [7, 11) is 1.60. The minimum atomic E-state index is -1.24.